The van der Waals surface area contributed by atoms with Crippen LogP contribution in [0.15, 0.2) is 54.9 Å². The fraction of sp³-hybridized carbons (Fsp3) is 0.296. The maximum absolute atomic E-state index is 14.4. The molecule has 9 heteroatoms. The Morgan fingerprint density at radius 1 is 1.00 bits per heavy atom. The van der Waals surface area contributed by atoms with Crippen molar-refractivity contribution in [2.45, 2.75) is 46.1 Å². The van der Waals surface area contributed by atoms with Gasteiger partial charge in [-0.3, -0.25) is 14.5 Å². The number of halogens is 2. The Hall–Kier alpha value is -4.01. The van der Waals surface area contributed by atoms with Crippen molar-refractivity contribution >= 4 is 5.91 Å². The highest BCUT2D eigenvalue weighted by Crippen LogP contribution is 2.33. The molecule has 36 heavy (non-hydrogen) atoms. The fourth-order valence-electron chi connectivity index (χ4n) is 4.04. The first-order valence-corrected chi connectivity index (χ1v) is 11.8. The van der Waals surface area contributed by atoms with Gasteiger partial charge >= 0.3 is 0 Å². The van der Waals surface area contributed by atoms with Gasteiger partial charge in [-0.2, -0.15) is 15.3 Å². The van der Waals surface area contributed by atoms with E-state index in [1.165, 1.54) is 18.2 Å². The first-order valence-electron chi connectivity index (χ1n) is 11.8. The molecule has 1 aromatic carbocycles. The van der Waals surface area contributed by atoms with E-state index in [1.54, 1.807) is 23.9 Å². The van der Waals surface area contributed by atoms with Crippen LogP contribution in [-0.4, -0.2) is 30.9 Å². The van der Waals surface area contributed by atoms with Crippen LogP contribution in [0.4, 0.5) is 8.78 Å². The van der Waals surface area contributed by atoms with E-state index in [1.807, 2.05) is 45.2 Å². The number of nitrogens with two attached hydrogens (primary N) is 1. The molecule has 0 aliphatic heterocycles. The minimum absolute atomic E-state index is 0.0418. The van der Waals surface area contributed by atoms with Crippen LogP contribution in [-0.2, 0) is 11.3 Å². The quantitative estimate of drug-likeness (QED) is 0.371. The van der Waals surface area contributed by atoms with E-state index in [9.17, 15) is 13.6 Å². The molecule has 0 saturated carbocycles. The molecule has 0 fully saturated rings. The van der Waals surface area contributed by atoms with E-state index in [-0.39, 0.29) is 34.9 Å². The van der Waals surface area contributed by atoms with Gasteiger partial charge in [-0.05, 0) is 41.8 Å². The van der Waals surface area contributed by atoms with Crippen molar-refractivity contribution in [3.8, 4) is 22.5 Å². The number of pyridine rings is 1. The lowest BCUT2D eigenvalue weighted by Crippen LogP contribution is -2.24. The molecule has 186 valence electrons. The molecule has 0 bridgehead atoms. The number of carbonyl (C=O) groups is 1. The minimum Gasteiger partial charge on any atom is -0.369 e. The Bertz CT molecular complexity index is 1380. The summed E-state index contributed by atoms with van der Waals surface area (Å²) in [7, 11) is 0. The van der Waals surface area contributed by atoms with Crippen molar-refractivity contribution in [1.29, 1.82) is 0 Å². The summed E-state index contributed by atoms with van der Waals surface area (Å²) in [6.45, 7) is 8.11. The maximum Gasteiger partial charge on any atom is 0.222 e. The summed E-state index contributed by atoms with van der Waals surface area (Å²) in [5.74, 6) is -2.27. The zero-order valence-electron chi connectivity index (χ0n) is 20.6. The van der Waals surface area contributed by atoms with Gasteiger partial charge in [0.25, 0.3) is 0 Å². The van der Waals surface area contributed by atoms with Crippen LogP contribution in [0.5, 0.6) is 0 Å². The van der Waals surface area contributed by atoms with Gasteiger partial charge in [-0.15, -0.1) is 0 Å². The Morgan fingerprint density at radius 3 is 2.36 bits per heavy atom. The second kappa shape index (κ2) is 10.3. The molecular weight excluding hydrogens is 462 g/mol. The number of rotatable bonds is 8. The van der Waals surface area contributed by atoms with Gasteiger partial charge in [0.05, 0.1) is 41.3 Å². The van der Waals surface area contributed by atoms with E-state index in [2.05, 4.69) is 15.3 Å². The molecule has 0 aliphatic rings. The molecule has 0 radical (unpaired) electrons. The lowest BCUT2D eigenvalue weighted by molar-refractivity contribution is -0.121. The van der Waals surface area contributed by atoms with Crippen LogP contribution in [0.25, 0.3) is 22.5 Å². The number of benzene rings is 1. The van der Waals surface area contributed by atoms with E-state index >= 15 is 0 Å². The van der Waals surface area contributed by atoms with Crippen molar-refractivity contribution in [3.63, 3.8) is 0 Å². The highest BCUT2D eigenvalue weighted by Gasteiger charge is 2.22. The van der Waals surface area contributed by atoms with E-state index < -0.39 is 11.6 Å². The van der Waals surface area contributed by atoms with Gasteiger partial charge in [-0.1, -0.05) is 39.8 Å². The van der Waals surface area contributed by atoms with Crippen LogP contribution in [0.2, 0.25) is 0 Å². The molecule has 4 aromatic rings. The lowest BCUT2D eigenvalue weighted by Gasteiger charge is -2.18. The van der Waals surface area contributed by atoms with Gasteiger partial charge in [-0.25, -0.2) is 8.78 Å². The molecule has 3 aromatic heterocycles. The van der Waals surface area contributed by atoms with Gasteiger partial charge in [0.2, 0.25) is 5.91 Å². The number of primary amides is 1. The number of hydrogen-bond acceptors (Lipinski definition) is 5. The maximum atomic E-state index is 14.4. The number of carbonyl (C=O) groups excluding carboxylic acids is 1. The van der Waals surface area contributed by atoms with Crippen LogP contribution in [0.3, 0.4) is 0 Å². The second-order valence-corrected chi connectivity index (χ2v) is 9.25. The first kappa shape index (κ1) is 25.1. The average Bonchev–Trinajstić information content (AvgIpc) is 3.32. The molecule has 0 saturated heterocycles. The van der Waals surface area contributed by atoms with Gasteiger partial charge in [0.1, 0.15) is 11.6 Å². The normalized spacial score (nSPS) is 13.1. The molecule has 2 atom stereocenters. The highest BCUT2D eigenvalue weighted by atomic mass is 19.1. The summed E-state index contributed by atoms with van der Waals surface area (Å²) in [6, 6.07) is 11.1. The fourth-order valence-corrected chi connectivity index (χ4v) is 4.04. The van der Waals surface area contributed by atoms with Gasteiger partial charge in [0, 0.05) is 23.4 Å². The van der Waals surface area contributed by atoms with Crippen molar-refractivity contribution in [1.82, 2.24) is 25.0 Å². The predicted octanol–water partition coefficient (Wildman–Crippen LogP) is 5.08. The summed E-state index contributed by atoms with van der Waals surface area (Å²) in [4.78, 5) is 16.2. The third-order valence-electron chi connectivity index (χ3n) is 6.19. The largest absolute Gasteiger partial charge is 0.369 e. The number of aromatic nitrogens is 5. The minimum atomic E-state index is -0.681. The molecule has 1 amide bonds. The van der Waals surface area contributed by atoms with Crippen molar-refractivity contribution < 1.29 is 13.6 Å². The smallest absolute Gasteiger partial charge is 0.222 e. The molecule has 1 unspecified atom stereocenters. The third-order valence-corrected chi connectivity index (χ3v) is 6.19. The molecular formula is C27H28F2N6O. The zero-order chi connectivity index (χ0) is 26.0. The van der Waals surface area contributed by atoms with Gasteiger partial charge in [0.15, 0.2) is 0 Å². The molecule has 2 N–H and O–H groups in total. The zero-order valence-corrected chi connectivity index (χ0v) is 20.6. The molecule has 0 spiro atoms. The summed E-state index contributed by atoms with van der Waals surface area (Å²) < 4.78 is 30.4. The standard InChI is InChI=1S/C27H28F2N6O/c1-15(2)19-11-24(25-20(28)7-5-8-21(25)29)33-34-26(19)17(4)22-9-6-10-23(32-22)18-12-31-35(14-18)13-16(3)27(30)36/h5-12,14-17H,13H2,1-4H3,(H2,30,36)/t16-,17?/m1/s1. The van der Waals surface area contributed by atoms with Crippen molar-refractivity contribution in [3.05, 3.63) is 83.4 Å². The van der Waals surface area contributed by atoms with E-state index in [0.29, 0.717) is 12.2 Å². The van der Waals surface area contributed by atoms with E-state index in [4.69, 9.17) is 10.7 Å². The summed E-state index contributed by atoms with van der Waals surface area (Å²) in [5, 5.41) is 12.9. The Labute approximate surface area is 208 Å². The summed E-state index contributed by atoms with van der Waals surface area (Å²) in [6.07, 6.45) is 3.52. The van der Waals surface area contributed by atoms with Crippen LogP contribution in [0, 0.1) is 17.6 Å². The number of hydrogen-bond donors (Lipinski definition) is 1. The lowest BCUT2D eigenvalue weighted by atomic mass is 9.91. The average molecular weight is 491 g/mol. The first-order chi connectivity index (χ1) is 17.2. The summed E-state index contributed by atoms with van der Waals surface area (Å²) in [5.41, 5.74) is 9.17. The Morgan fingerprint density at radius 2 is 1.69 bits per heavy atom. The predicted molar refractivity (Wildman–Crippen MR) is 133 cm³/mol. The van der Waals surface area contributed by atoms with Crippen molar-refractivity contribution in [2.24, 2.45) is 11.7 Å². The SMILES string of the molecule is CC(C)c1cc(-c2c(F)cccc2F)nnc1C(C)c1cccc(-c2cnn(C[C@@H](C)C(N)=O)c2)n1. The van der Waals surface area contributed by atoms with Crippen molar-refractivity contribution in [2.75, 3.05) is 0 Å². The van der Waals surface area contributed by atoms with Gasteiger partial charge < -0.3 is 5.73 Å². The van der Waals surface area contributed by atoms with E-state index in [0.717, 1.165) is 22.5 Å². The Balaban J connectivity index is 1.66. The molecule has 7 nitrogen and oxygen atoms in total. The second-order valence-electron chi connectivity index (χ2n) is 9.25. The van der Waals surface area contributed by atoms with Crippen LogP contribution < -0.4 is 5.73 Å². The van der Waals surface area contributed by atoms with Crippen LogP contribution in [0.1, 0.15) is 56.5 Å². The molecule has 0 aliphatic carbocycles. The van der Waals surface area contributed by atoms with Crippen LogP contribution >= 0.6 is 0 Å². The molecule has 3 heterocycles. The molecule has 4 rings (SSSR count). The highest BCUT2D eigenvalue weighted by molar-refractivity contribution is 5.76. The monoisotopic (exact) mass is 490 g/mol. The summed E-state index contributed by atoms with van der Waals surface area (Å²) >= 11 is 0. The topological polar surface area (TPSA) is 99.6 Å². The number of amides is 1. The Kier molecular flexibility index (Phi) is 7.19. The number of nitrogens with zero attached hydrogens (tertiary/aromatic N) is 5. The third kappa shape index (κ3) is 5.15.